The molecular formula is C22H28N2O2. The number of anilines is 1. The Bertz CT molecular complexity index is 772. The van der Waals surface area contributed by atoms with Crippen LogP contribution in [0.1, 0.15) is 62.3 Å². The smallest absolute Gasteiger partial charge is 0.322 e. The molecule has 1 heterocycles. The molecule has 0 spiro atoms. The standard InChI is InChI=1S/C22H28N2O2/c1-14(2)16-9-8-10-17(15(3)4)21(16)19-13-23-22(25)24(19)18-11-6-7-12-20(18)26-5/h6-12,14-15,19H,13H2,1-5H3,(H,23,25). The van der Waals surface area contributed by atoms with Gasteiger partial charge in [-0.25, -0.2) is 4.79 Å². The van der Waals surface area contributed by atoms with Gasteiger partial charge in [-0.2, -0.15) is 0 Å². The minimum atomic E-state index is -0.0761. The summed E-state index contributed by atoms with van der Waals surface area (Å²) in [5.41, 5.74) is 4.68. The van der Waals surface area contributed by atoms with E-state index in [1.54, 1.807) is 7.11 Å². The molecule has 3 rings (SSSR count). The van der Waals surface area contributed by atoms with E-state index in [4.69, 9.17) is 4.74 Å². The molecule has 1 N–H and O–H groups in total. The number of rotatable bonds is 5. The van der Waals surface area contributed by atoms with Crippen molar-refractivity contribution in [1.29, 1.82) is 0 Å². The molecule has 1 atom stereocenters. The van der Waals surface area contributed by atoms with Crippen LogP contribution in [0.4, 0.5) is 10.5 Å². The molecule has 1 unspecified atom stereocenters. The number of benzene rings is 2. The summed E-state index contributed by atoms with van der Waals surface area (Å²) in [6.45, 7) is 9.43. The number of ether oxygens (including phenoxy) is 1. The molecule has 0 aliphatic carbocycles. The van der Waals surface area contributed by atoms with Crippen molar-refractivity contribution < 1.29 is 9.53 Å². The Morgan fingerprint density at radius 2 is 1.62 bits per heavy atom. The zero-order chi connectivity index (χ0) is 18.8. The second-order valence-electron chi connectivity index (χ2n) is 7.40. The number of hydrogen-bond acceptors (Lipinski definition) is 2. The van der Waals surface area contributed by atoms with E-state index in [0.717, 1.165) is 5.69 Å². The van der Waals surface area contributed by atoms with Crippen molar-refractivity contribution in [2.24, 2.45) is 0 Å². The fraction of sp³-hybridized carbons (Fsp3) is 0.409. The lowest BCUT2D eigenvalue weighted by Crippen LogP contribution is -2.31. The number of nitrogens with one attached hydrogen (secondary N) is 1. The summed E-state index contributed by atoms with van der Waals surface area (Å²) in [7, 11) is 1.64. The van der Waals surface area contributed by atoms with Gasteiger partial charge in [0.1, 0.15) is 5.75 Å². The van der Waals surface area contributed by atoms with Crippen molar-refractivity contribution in [1.82, 2.24) is 5.32 Å². The quantitative estimate of drug-likeness (QED) is 0.802. The van der Waals surface area contributed by atoms with Crippen LogP contribution in [0, 0.1) is 0 Å². The third-order valence-electron chi connectivity index (χ3n) is 5.07. The van der Waals surface area contributed by atoms with Crippen LogP contribution in [0.15, 0.2) is 42.5 Å². The first-order valence-electron chi connectivity index (χ1n) is 9.28. The van der Waals surface area contributed by atoms with Crippen LogP contribution in [0.3, 0.4) is 0 Å². The summed E-state index contributed by atoms with van der Waals surface area (Å²) >= 11 is 0. The van der Waals surface area contributed by atoms with E-state index in [-0.39, 0.29) is 12.1 Å². The number of amides is 2. The maximum Gasteiger partial charge on any atom is 0.322 e. The van der Waals surface area contributed by atoms with E-state index in [2.05, 4.69) is 51.2 Å². The number of carbonyl (C=O) groups excluding carboxylic acids is 1. The van der Waals surface area contributed by atoms with Crippen LogP contribution in [-0.2, 0) is 0 Å². The van der Waals surface area contributed by atoms with Gasteiger partial charge in [0, 0.05) is 6.54 Å². The molecule has 1 saturated heterocycles. The van der Waals surface area contributed by atoms with Gasteiger partial charge in [-0.3, -0.25) is 4.90 Å². The van der Waals surface area contributed by atoms with E-state index in [0.29, 0.717) is 24.1 Å². The topological polar surface area (TPSA) is 41.6 Å². The summed E-state index contributed by atoms with van der Waals surface area (Å²) < 4.78 is 5.52. The summed E-state index contributed by atoms with van der Waals surface area (Å²) in [5, 5.41) is 3.03. The summed E-state index contributed by atoms with van der Waals surface area (Å²) in [5.74, 6) is 1.49. The lowest BCUT2D eigenvalue weighted by atomic mass is 9.84. The van der Waals surface area contributed by atoms with Gasteiger partial charge >= 0.3 is 6.03 Å². The summed E-state index contributed by atoms with van der Waals surface area (Å²) in [6, 6.07) is 14.1. The minimum Gasteiger partial charge on any atom is -0.495 e. The lowest BCUT2D eigenvalue weighted by Gasteiger charge is -2.30. The molecule has 2 aromatic carbocycles. The van der Waals surface area contributed by atoms with Crippen LogP contribution in [0.5, 0.6) is 5.75 Å². The number of nitrogens with zero attached hydrogens (tertiary/aromatic N) is 1. The molecule has 0 aromatic heterocycles. The third kappa shape index (κ3) is 3.16. The second kappa shape index (κ2) is 7.40. The van der Waals surface area contributed by atoms with Gasteiger partial charge in [-0.1, -0.05) is 58.0 Å². The number of urea groups is 1. The molecule has 26 heavy (non-hydrogen) atoms. The highest BCUT2D eigenvalue weighted by atomic mass is 16.5. The van der Waals surface area contributed by atoms with Gasteiger partial charge in [0.25, 0.3) is 0 Å². The largest absolute Gasteiger partial charge is 0.495 e. The normalized spacial score (nSPS) is 17.1. The van der Waals surface area contributed by atoms with Crippen molar-refractivity contribution in [2.75, 3.05) is 18.6 Å². The molecule has 2 aromatic rings. The fourth-order valence-electron chi connectivity index (χ4n) is 3.83. The van der Waals surface area contributed by atoms with E-state index in [1.165, 1.54) is 16.7 Å². The van der Waals surface area contributed by atoms with Gasteiger partial charge in [-0.05, 0) is 40.7 Å². The van der Waals surface area contributed by atoms with Crippen LogP contribution in [0.25, 0.3) is 0 Å². The Hall–Kier alpha value is -2.49. The number of para-hydroxylation sites is 2. The van der Waals surface area contributed by atoms with E-state index < -0.39 is 0 Å². The Morgan fingerprint density at radius 1 is 1.00 bits per heavy atom. The number of hydrogen-bond donors (Lipinski definition) is 1. The molecule has 1 aliphatic heterocycles. The molecule has 138 valence electrons. The summed E-state index contributed by atoms with van der Waals surface area (Å²) in [4.78, 5) is 14.6. The van der Waals surface area contributed by atoms with Gasteiger partial charge in [0.15, 0.2) is 0 Å². The molecule has 4 heteroatoms. The van der Waals surface area contributed by atoms with Crippen LogP contribution >= 0.6 is 0 Å². The van der Waals surface area contributed by atoms with Crippen molar-refractivity contribution in [3.05, 3.63) is 59.2 Å². The molecule has 0 bridgehead atoms. The average Bonchev–Trinajstić information content (AvgIpc) is 3.01. The molecule has 0 saturated carbocycles. The Labute approximate surface area is 156 Å². The van der Waals surface area contributed by atoms with Crippen molar-refractivity contribution >= 4 is 11.7 Å². The minimum absolute atomic E-state index is 0.0465. The highest BCUT2D eigenvalue weighted by Crippen LogP contribution is 2.41. The Morgan fingerprint density at radius 3 is 2.19 bits per heavy atom. The Kier molecular flexibility index (Phi) is 5.21. The van der Waals surface area contributed by atoms with Gasteiger partial charge in [0.2, 0.25) is 0 Å². The highest BCUT2D eigenvalue weighted by Gasteiger charge is 2.37. The molecular weight excluding hydrogens is 324 g/mol. The highest BCUT2D eigenvalue weighted by molar-refractivity contribution is 5.97. The van der Waals surface area contributed by atoms with Crippen molar-refractivity contribution in [2.45, 2.75) is 45.6 Å². The second-order valence-corrected chi connectivity index (χ2v) is 7.40. The lowest BCUT2D eigenvalue weighted by molar-refractivity contribution is 0.251. The van der Waals surface area contributed by atoms with Gasteiger partial charge in [0.05, 0.1) is 18.8 Å². The summed E-state index contributed by atoms with van der Waals surface area (Å²) in [6.07, 6.45) is 0. The van der Waals surface area contributed by atoms with Crippen LogP contribution in [0.2, 0.25) is 0 Å². The number of methoxy groups -OCH3 is 1. The van der Waals surface area contributed by atoms with Crippen LogP contribution in [-0.4, -0.2) is 19.7 Å². The van der Waals surface area contributed by atoms with E-state index in [9.17, 15) is 4.79 Å². The van der Waals surface area contributed by atoms with E-state index >= 15 is 0 Å². The maximum absolute atomic E-state index is 12.7. The molecule has 2 amide bonds. The predicted molar refractivity (Wildman–Crippen MR) is 106 cm³/mol. The number of carbonyl (C=O) groups is 1. The SMILES string of the molecule is COc1ccccc1N1C(=O)NCC1c1c(C(C)C)cccc1C(C)C. The molecule has 1 aliphatic rings. The fourth-order valence-corrected chi connectivity index (χ4v) is 3.83. The molecule has 1 fully saturated rings. The van der Waals surface area contributed by atoms with Crippen molar-refractivity contribution in [3.63, 3.8) is 0 Å². The first-order valence-corrected chi connectivity index (χ1v) is 9.28. The zero-order valence-electron chi connectivity index (χ0n) is 16.2. The first-order chi connectivity index (χ1) is 12.5. The van der Waals surface area contributed by atoms with Crippen molar-refractivity contribution in [3.8, 4) is 5.75 Å². The van der Waals surface area contributed by atoms with E-state index in [1.807, 2.05) is 29.2 Å². The predicted octanol–water partition coefficient (Wildman–Crippen LogP) is 5.21. The zero-order valence-corrected chi connectivity index (χ0v) is 16.2. The maximum atomic E-state index is 12.7. The van der Waals surface area contributed by atoms with Gasteiger partial charge in [-0.15, -0.1) is 0 Å². The third-order valence-corrected chi connectivity index (χ3v) is 5.07. The molecule has 4 nitrogen and oxygen atoms in total. The Balaban J connectivity index is 2.18. The molecule has 0 radical (unpaired) electrons. The first kappa shape index (κ1) is 18.3. The van der Waals surface area contributed by atoms with Crippen LogP contribution < -0.4 is 15.0 Å². The van der Waals surface area contributed by atoms with Gasteiger partial charge < -0.3 is 10.1 Å². The average molecular weight is 352 g/mol. The monoisotopic (exact) mass is 352 g/mol.